The summed E-state index contributed by atoms with van der Waals surface area (Å²) >= 11 is 0. The highest BCUT2D eigenvalue weighted by molar-refractivity contribution is 5.32. The summed E-state index contributed by atoms with van der Waals surface area (Å²) < 4.78 is 11.3. The zero-order chi connectivity index (χ0) is 12.4. The zero-order valence-electron chi connectivity index (χ0n) is 10.2. The van der Waals surface area contributed by atoms with Gasteiger partial charge in [0.2, 0.25) is 5.95 Å². The first-order valence-electron chi connectivity index (χ1n) is 6.21. The summed E-state index contributed by atoms with van der Waals surface area (Å²) in [4.78, 5) is 10.7. The van der Waals surface area contributed by atoms with Crippen molar-refractivity contribution >= 4 is 5.95 Å². The van der Waals surface area contributed by atoms with Crippen LogP contribution in [-0.2, 0) is 16.1 Å². The van der Waals surface area contributed by atoms with E-state index in [0.717, 1.165) is 26.1 Å². The molecule has 1 aromatic heterocycles. The monoisotopic (exact) mass is 251 g/mol. The molecule has 2 aliphatic rings. The lowest BCUT2D eigenvalue weighted by atomic mass is 10.0. The molecule has 0 radical (unpaired) electrons. The summed E-state index contributed by atoms with van der Waals surface area (Å²) in [5.41, 5.74) is 0.444. The first-order chi connectivity index (χ1) is 8.81. The highest BCUT2D eigenvalue weighted by Gasteiger charge is 2.41. The number of aromatic nitrogens is 2. The smallest absolute Gasteiger partial charge is 0.225 e. The van der Waals surface area contributed by atoms with Gasteiger partial charge in [0.1, 0.15) is 5.60 Å². The molecule has 0 saturated carbocycles. The molecular weight excluding hydrogens is 234 g/mol. The molecular formula is C12H17N3O3. The van der Waals surface area contributed by atoms with Crippen LogP contribution in [0.1, 0.15) is 12.1 Å². The zero-order valence-corrected chi connectivity index (χ0v) is 10.2. The van der Waals surface area contributed by atoms with Crippen LogP contribution in [0.2, 0.25) is 0 Å². The Hall–Kier alpha value is -1.24. The van der Waals surface area contributed by atoms with Crippen LogP contribution < -0.4 is 4.90 Å². The van der Waals surface area contributed by atoms with E-state index in [9.17, 15) is 0 Å². The fourth-order valence-corrected chi connectivity index (χ4v) is 2.47. The van der Waals surface area contributed by atoms with Crippen molar-refractivity contribution in [3.05, 3.63) is 18.0 Å². The number of morpholine rings is 1. The van der Waals surface area contributed by atoms with Crippen LogP contribution in [0.5, 0.6) is 0 Å². The molecule has 1 N–H and O–H groups in total. The maximum Gasteiger partial charge on any atom is 0.225 e. The van der Waals surface area contributed by atoms with E-state index >= 15 is 0 Å². The SMILES string of the molecule is OCc1ccnc(N2CCOC3(CCOC3)C2)n1. The van der Waals surface area contributed by atoms with Gasteiger partial charge in [0, 0.05) is 25.8 Å². The Bertz CT molecular complexity index is 421. The molecule has 18 heavy (non-hydrogen) atoms. The van der Waals surface area contributed by atoms with E-state index in [1.165, 1.54) is 0 Å². The van der Waals surface area contributed by atoms with Gasteiger partial charge in [-0.1, -0.05) is 0 Å². The third-order valence-corrected chi connectivity index (χ3v) is 3.46. The Kier molecular flexibility index (Phi) is 3.15. The molecule has 2 saturated heterocycles. The third kappa shape index (κ3) is 2.19. The minimum Gasteiger partial charge on any atom is -0.390 e. The van der Waals surface area contributed by atoms with Crippen LogP contribution in [0.15, 0.2) is 12.3 Å². The fourth-order valence-electron chi connectivity index (χ4n) is 2.47. The molecule has 6 heteroatoms. The van der Waals surface area contributed by atoms with Gasteiger partial charge in [-0.2, -0.15) is 0 Å². The predicted octanol–water partition coefficient (Wildman–Crippen LogP) is -0.0354. The van der Waals surface area contributed by atoms with Gasteiger partial charge in [0.05, 0.1) is 32.1 Å². The van der Waals surface area contributed by atoms with Crippen molar-refractivity contribution in [1.29, 1.82) is 0 Å². The number of hydrogen-bond donors (Lipinski definition) is 1. The molecule has 1 unspecified atom stereocenters. The molecule has 3 rings (SSSR count). The summed E-state index contributed by atoms with van der Waals surface area (Å²) in [6.07, 6.45) is 2.60. The fraction of sp³-hybridized carbons (Fsp3) is 0.667. The molecule has 1 spiro atoms. The van der Waals surface area contributed by atoms with E-state index in [2.05, 4.69) is 14.9 Å². The molecule has 3 heterocycles. The van der Waals surface area contributed by atoms with Crippen LogP contribution in [0.4, 0.5) is 5.95 Å². The highest BCUT2D eigenvalue weighted by Crippen LogP contribution is 2.28. The molecule has 0 amide bonds. The Labute approximate surface area is 106 Å². The van der Waals surface area contributed by atoms with Crippen LogP contribution >= 0.6 is 0 Å². The van der Waals surface area contributed by atoms with Gasteiger partial charge in [-0.25, -0.2) is 9.97 Å². The number of aliphatic hydroxyl groups excluding tert-OH is 1. The maximum atomic E-state index is 9.11. The summed E-state index contributed by atoms with van der Waals surface area (Å²) in [5, 5.41) is 9.11. The maximum absolute atomic E-state index is 9.11. The number of ether oxygens (including phenoxy) is 2. The van der Waals surface area contributed by atoms with Gasteiger partial charge in [-0.15, -0.1) is 0 Å². The van der Waals surface area contributed by atoms with Gasteiger partial charge < -0.3 is 19.5 Å². The van der Waals surface area contributed by atoms with E-state index in [1.54, 1.807) is 12.3 Å². The van der Waals surface area contributed by atoms with E-state index in [0.29, 0.717) is 24.9 Å². The molecule has 2 aliphatic heterocycles. The molecule has 98 valence electrons. The first kappa shape index (κ1) is 11.8. The summed E-state index contributed by atoms with van der Waals surface area (Å²) in [6, 6.07) is 1.72. The molecule has 0 aromatic carbocycles. The summed E-state index contributed by atoms with van der Waals surface area (Å²) in [6.45, 7) is 3.53. The number of anilines is 1. The van der Waals surface area contributed by atoms with Crippen LogP contribution in [-0.4, -0.2) is 53.6 Å². The lowest BCUT2D eigenvalue weighted by Gasteiger charge is -2.39. The average molecular weight is 251 g/mol. The van der Waals surface area contributed by atoms with Gasteiger partial charge in [-0.05, 0) is 6.07 Å². The Morgan fingerprint density at radius 1 is 1.44 bits per heavy atom. The topological polar surface area (TPSA) is 67.7 Å². The second-order valence-corrected chi connectivity index (χ2v) is 4.76. The average Bonchev–Trinajstić information content (AvgIpc) is 2.87. The van der Waals surface area contributed by atoms with Crippen LogP contribution in [0, 0.1) is 0 Å². The standard InChI is InChI=1S/C12H17N3O3/c16-7-10-1-3-13-11(14-10)15-4-6-18-12(8-15)2-5-17-9-12/h1,3,16H,2,4-9H2. The lowest BCUT2D eigenvalue weighted by molar-refractivity contribution is -0.0583. The van der Waals surface area contributed by atoms with Gasteiger partial charge >= 0.3 is 0 Å². The number of aliphatic hydroxyl groups is 1. The molecule has 6 nitrogen and oxygen atoms in total. The summed E-state index contributed by atoms with van der Waals surface area (Å²) in [5.74, 6) is 0.663. The number of nitrogens with zero attached hydrogens (tertiary/aromatic N) is 3. The van der Waals surface area contributed by atoms with Crippen molar-refractivity contribution in [3.8, 4) is 0 Å². The second-order valence-electron chi connectivity index (χ2n) is 4.76. The van der Waals surface area contributed by atoms with Crippen molar-refractivity contribution in [1.82, 2.24) is 9.97 Å². The Balaban J connectivity index is 1.78. The van der Waals surface area contributed by atoms with E-state index < -0.39 is 0 Å². The van der Waals surface area contributed by atoms with E-state index in [4.69, 9.17) is 14.6 Å². The predicted molar refractivity (Wildman–Crippen MR) is 64.3 cm³/mol. The van der Waals surface area contributed by atoms with Crippen molar-refractivity contribution in [3.63, 3.8) is 0 Å². The number of hydrogen-bond acceptors (Lipinski definition) is 6. The third-order valence-electron chi connectivity index (χ3n) is 3.46. The van der Waals surface area contributed by atoms with Crippen molar-refractivity contribution in [2.75, 3.05) is 37.8 Å². The molecule has 0 bridgehead atoms. The Morgan fingerprint density at radius 3 is 3.17 bits per heavy atom. The van der Waals surface area contributed by atoms with Crippen LogP contribution in [0.3, 0.4) is 0 Å². The minimum atomic E-state index is -0.198. The molecule has 1 aromatic rings. The van der Waals surface area contributed by atoms with Gasteiger partial charge in [0.15, 0.2) is 0 Å². The molecule has 1 atom stereocenters. The van der Waals surface area contributed by atoms with E-state index in [-0.39, 0.29) is 12.2 Å². The van der Waals surface area contributed by atoms with Gasteiger partial charge in [-0.3, -0.25) is 0 Å². The summed E-state index contributed by atoms with van der Waals surface area (Å²) in [7, 11) is 0. The lowest BCUT2D eigenvalue weighted by Crippen LogP contribution is -2.53. The molecule has 0 aliphatic carbocycles. The Morgan fingerprint density at radius 2 is 2.39 bits per heavy atom. The number of rotatable bonds is 2. The normalized spacial score (nSPS) is 27.9. The second kappa shape index (κ2) is 4.79. The van der Waals surface area contributed by atoms with Crippen molar-refractivity contribution < 1.29 is 14.6 Å². The van der Waals surface area contributed by atoms with Gasteiger partial charge in [0.25, 0.3) is 0 Å². The minimum absolute atomic E-state index is 0.0614. The van der Waals surface area contributed by atoms with E-state index in [1.807, 2.05) is 0 Å². The largest absolute Gasteiger partial charge is 0.390 e. The molecule has 2 fully saturated rings. The quantitative estimate of drug-likeness (QED) is 0.796. The van der Waals surface area contributed by atoms with Crippen molar-refractivity contribution in [2.45, 2.75) is 18.6 Å². The highest BCUT2D eigenvalue weighted by atomic mass is 16.6. The van der Waals surface area contributed by atoms with Crippen molar-refractivity contribution in [2.24, 2.45) is 0 Å². The van der Waals surface area contributed by atoms with Crippen LogP contribution in [0.25, 0.3) is 0 Å². The first-order valence-corrected chi connectivity index (χ1v) is 6.21.